The molecule has 0 aliphatic heterocycles. The van der Waals surface area contributed by atoms with Crippen molar-refractivity contribution in [2.75, 3.05) is 6.54 Å². The van der Waals surface area contributed by atoms with Crippen LogP contribution in [0, 0.1) is 19.3 Å². The van der Waals surface area contributed by atoms with Gasteiger partial charge in [0.1, 0.15) is 0 Å². The van der Waals surface area contributed by atoms with E-state index in [2.05, 4.69) is 5.32 Å². The summed E-state index contributed by atoms with van der Waals surface area (Å²) < 4.78 is 0. The smallest absolute Gasteiger partial charge is 0.251 e. The summed E-state index contributed by atoms with van der Waals surface area (Å²) in [5.41, 5.74) is 2.61. The van der Waals surface area contributed by atoms with Crippen LogP contribution in [0.5, 0.6) is 0 Å². The van der Waals surface area contributed by atoms with Crippen molar-refractivity contribution in [1.82, 2.24) is 5.32 Å². The van der Waals surface area contributed by atoms with Crippen molar-refractivity contribution in [1.29, 1.82) is 0 Å². The molecule has 1 aromatic rings. The quantitative estimate of drug-likeness (QED) is 0.877. The maximum absolute atomic E-state index is 12.1. The second-order valence-corrected chi connectivity index (χ2v) is 6.24. The van der Waals surface area contributed by atoms with Crippen molar-refractivity contribution in [3.05, 3.63) is 34.9 Å². The summed E-state index contributed by atoms with van der Waals surface area (Å²) in [4.78, 5) is 12.1. The minimum atomic E-state index is -0.411. The lowest BCUT2D eigenvalue weighted by atomic mass is 9.87. The zero-order valence-corrected chi connectivity index (χ0v) is 12.6. The fourth-order valence-corrected chi connectivity index (χ4v) is 1.83. The van der Waals surface area contributed by atoms with Gasteiger partial charge in [-0.15, -0.1) is 0 Å². The van der Waals surface area contributed by atoms with Gasteiger partial charge in [-0.3, -0.25) is 4.79 Å². The van der Waals surface area contributed by atoms with Crippen LogP contribution in [0.3, 0.4) is 0 Å². The van der Waals surface area contributed by atoms with Gasteiger partial charge in [0, 0.05) is 12.1 Å². The molecule has 0 saturated carbocycles. The summed E-state index contributed by atoms with van der Waals surface area (Å²) in [5.74, 6) is -0.0673. The average Bonchev–Trinajstić information content (AvgIpc) is 2.30. The van der Waals surface area contributed by atoms with E-state index in [-0.39, 0.29) is 11.3 Å². The first-order valence-electron chi connectivity index (χ1n) is 6.75. The Bertz CT molecular complexity index is 447. The second-order valence-electron chi connectivity index (χ2n) is 6.24. The third-order valence-electron chi connectivity index (χ3n) is 3.34. The standard InChI is InChI=1S/C16H25NO2/c1-11-6-7-12(2)13(10-11)15(19)17-9-8-14(18)16(3,4)5/h6-7,10,14,18H,8-9H2,1-5H3,(H,17,19). The molecule has 0 radical (unpaired) electrons. The van der Waals surface area contributed by atoms with Gasteiger partial charge in [-0.05, 0) is 37.3 Å². The van der Waals surface area contributed by atoms with Crippen molar-refractivity contribution in [3.8, 4) is 0 Å². The summed E-state index contributed by atoms with van der Waals surface area (Å²) in [7, 11) is 0. The van der Waals surface area contributed by atoms with Crippen LogP contribution in [0.15, 0.2) is 18.2 Å². The third-order valence-corrected chi connectivity index (χ3v) is 3.34. The molecule has 0 aliphatic carbocycles. The molecule has 3 heteroatoms. The van der Waals surface area contributed by atoms with Gasteiger partial charge < -0.3 is 10.4 Å². The Kier molecular flexibility index (Phi) is 5.12. The number of hydrogen-bond acceptors (Lipinski definition) is 2. The normalized spacial score (nSPS) is 13.2. The predicted molar refractivity (Wildman–Crippen MR) is 78.3 cm³/mol. The molecular weight excluding hydrogens is 238 g/mol. The number of aliphatic hydroxyl groups excluding tert-OH is 1. The summed E-state index contributed by atoms with van der Waals surface area (Å²) in [6, 6.07) is 5.84. The molecule has 3 nitrogen and oxygen atoms in total. The van der Waals surface area contributed by atoms with E-state index < -0.39 is 6.10 Å². The van der Waals surface area contributed by atoms with E-state index in [1.165, 1.54) is 0 Å². The van der Waals surface area contributed by atoms with E-state index in [1.54, 1.807) is 0 Å². The SMILES string of the molecule is Cc1ccc(C)c(C(=O)NCCC(O)C(C)(C)C)c1. The van der Waals surface area contributed by atoms with E-state index in [4.69, 9.17) is 0 Å². The Hall–Kier alpha value is -1.35. The van der Waals surface area contributed by atoms with Crippen LogP contribution in [0.2, 0.25) is 0 Å². The van der Waals surface area contributed by atoms with E-state index in [9.17, 15) is 9.90 Å². The number of carbonyl (C=O) groups is 1. The molecule has 1 amide bonds. The number of nitrogens with one attached hydrogen (secondary N) is 1. The maximum Gasteiger partial charge on any atom is 0.251 e. The first-order chi connectivity index (χ1) is 8.71. The van der Waals surface area contributed by atoms with Gasteiger partial charge in [-0.2, -0.15) is 0 Å². The molecule has 0 bridgehead atoms. The minimum Gasteiger partial charge on any atom is -0.393 e. The molecular formula is C16H25NO2. The number of benzene rings is 1. The molecule has 0 heterocycles. The molecule has 106 valence electrons. The van der Waals surface area contributed by atoms with Crippen LogP contribution in [0.25, 0.3) is 0 Å². The van der Waals surface area contributed by atoms with Crippen LogP contribution in [0.1, 0.15) is 48.7 Å². The Labute approximate surface area is 116 Å². The van der Waals surface area contributed by atoms with Gasteiger partial charge in [0.2, 0.25) is 0 Å². The zero-order valence-electron chi connectivity index (χ0n) is 12.6. The van der Waals surface area contributed by atoms with Gasteiger partial charge in [0.25, 0.3) is 5.91 Å². The largest absolute Gasteiger partial charge is 0.393 e. The molecule has 1 unspecified atom stereocenters. The van der Waals surface area contributed by atoms with Crippen molar-refractivity contribution in [3.63, 3.8) is 0 Å². The number of rotatable bonds is 4. The monoisotopic (exact) mass is 263 g/mol. The predicted octanol–water partition coefficient (Wildman–Crippen LogP) is 2.83. The van der Waals surface area contributed by atoms with E-state index >= 15 is 0 Å². The van der Waals surface area contributed by atoms with E-state index in [1.807, 2.05) is 52.8 Å². The number of carbonyl (C=O) groups excluding carboxylic acids is 1. The third kappa shape index (κ3) is 4.67. The van der Waals surface area contributed by atoms with Crippen LogP contribution < -0.4 is 5.32 Å². The van der Waals surface area contributed by atoms with Crippen molar-refractivity contribution in [2.24, 2.45) is 5.41 Å². The van der Waals surface area contributed by atoms with Gasteiger partial charge in [-0.25, -0.2) is 0 Å². The highest BCUT2D eigenvalue weighted by Crippen LogP contribution is 2.21. The topological polar surface area (TPSA) is 49.3 Å². The molecule has 0 fully saturated rings. The highest BCUT2D eigenvalue weighted by atomic mass is 16.3. The highest BCUT2D eigenvalue weighted by molar-refractivity contribution is 5.95. The van der Waals surface area contributed by atoms with E-state index in [0.29, 0.717) is 18.5 Å². The van der Waals surface area contributed by atoms with Gasteiger partial charge >= 0.3 is 0 Å². The van der Waals surface area contributed by atoms with Gasteiger partial charge in [0.15, 0.2) is 0 Å². The highest BCUT2D eigenvalue weighted by Gasteiger charge is 2.21. The lowest BCUT2D eigenvalue weighted by Crippen LogP contribution is -2.32. The molecule has 19 heavy (non-hydrogen) atoms. The fraction of sp³-hybridized carbons (Fsp3) is 0.562. The lowest BCUT2D eigenvalue weighted by molar-refractivity contribution is 0.0551. The second kappa shape index (κ2) is 6.20. The van der Waals surface area contributed by atoms with Crippen molar-refractivity contribution >= 4 is 5.91 Å². The Morgan fingerprint density at radius 3 is 2.53 bits per heavy atom. The van der Waals surface area contributed by atoms with Crippen molar-refractivity contribution in [2.45, 2.75) is 47.1 Å². The number of hydrogen-bond donors (Lipinski definition) is 2. The molecule has 1 aromatic carbocycles. The van der Waals surface area contributed by atoms with Crippen LogP contribution in [0.4, 0.5) is 0 Å². The lowest BCUT2D eigenvalue weighted by Gasteiger charge is -2.25. The summed E-state index contributed by atoms with van der Waals surface area (Å²) >= 11 is 0. The van der Waals surface area contributed by atoms with Crippen LogP contribution in [-0.2, 0) is 0 Å². The zero-order chi connectivity index (χ0) is 14.6. The first kappa shape index (κ1) is 15.7. The maximum atomic E-state index is 12.1. The Morgan fingerprint density at radius 2 is 1.95 bits per heavy atom. The minimum absolute atomic E-state index is 0.0673. The number of amides is 1. The van der Waals surface area contributed by atoms with Crippen LogP contribution >= 0.6 is 0 Å². The Morgan fingerprint density at radius 1 is 1.32 bits per heavy atom. The van der Waals surface area contributed by atoms with Crippen LogP contribution in [-0.4, -0.2) is 23.7 Å². The molecule has 2 N–H and O–H groups in total. The molecule has 0 aromatic heterocycles. The summed E-state index contributed by atoms with van der Waals surface area (Å²) in [6.45, 7) is 10.4. The number of aryl methyl sites for hydroxylation is 2. The molecule has 0 saturated heterocycles. The Balaban J connectivity index is 2.55. The molecule has 0 spiro atoms. The molecule has 0 aliphatic rings. The van der Waals surface area contributed by atoms with Gasteiger partial charge in [0.05, 0.1) is 6.10 Å². The number of aliphatic hydroxyl groups is 1. The van der Waals surface area contributed by atoms with Gasteiger partial charge in [-0.1, -0.05) is 38.5 Å². The fourth-order valence-electron chi connectivity index (χ4n) is 1.83. The summed E-state index contributed by atoms with van der Waals surface area (Å²) in [5, 5.41) is 12.8. The first-order valence-corrected chi connectivity index (χ1v) is 6.75. The molecule has 1 atom stereocenters. The molecule has 1 rings (SSSR count). The average molecular weight is 263 g/mol. The summed E-state index contributed by atoms with van der Waals surface area (Å²) in [6.07, 6.45) is 0.159. The van der Waals surface area contributed by atoms with Crippen molar-refractivity contribution < 1.29 is 9.90 Å². The van der Waals surface area contributed by atoms with E-state index in [0.717, 1.165) is 11.1 Å².